The van der Waals surface area contributed by atoms with Gasteiger partial charge in [-0.3, -0.25) is 4.79 Å². The average molecular weight is 212 g/mol. The zero-order chi connectivity index (χ0) is 11.3. The quantitative estimate of drug-likeness (QED) is 0.751. The highest BCUT2D eigenvalue weighted by Crippen LogP contribution is 2.28. The molecule has 1 fully saturated rings. The van der Waals surface area contributed by atoms with Crippen LogP contribution in [0.5, 0.6) is 0 Å². The maximum absolute atomic E-state index is 11.3. The Morgan fingerprint density at radius 2 is 2.00 bits per heavy atom. The van der Waals surface area contributed by atoms with Gasteiger partial charge in [0.15, 0.2) is 0 Å². The topological polar surface area (TPSA) is 32.3 Å². The normalized spacial score (nSPS) is 19.1. The molecule has 1 aliphatic carbocycles. The second kappa shape index (κ2) is 6.11. The summed E-state index contributed by atoms with van der Waals surface area (Å²) in [6.07, 6.45) is 6.78. The summed E-state index contributed by atoms with van der Waals surface area (Å²) in [5.41, 5.74) is 0. The molecule has 0 aromatic carbocycles. The minimum Gasteiger partial charge on any atom is -0.348 e. The predicted octanol–water partition coefficient (Wildman–Crippen LogP) is 1.63. The lowest BCUT2D eigenvalue weighted by Gasteiger charge is -2.18. The molecule has 3 heteroatoms. The van der Waals surface area contributed by atoms with Crippen molar-refractivity contribution in [1.82, 2.24) is 10.2 Å². The number of carbonyl (C=O) groups is 1. The van der Waals surface area contributed by atoms with Crippen molar-refractivity contribution in [2.45, 2.75) is 45.1 Å². The lowest BCUT2D eigenvalue weighted by atomic mass is 9.99. The molecule has 15 heavy (non-hydrogen) atoms. The van der Waals surface area contributed by atoms with Gasteiger partial charge in [-0.1, -0.05) is 25.7 Å². The molecule has 1 atom stereocenters. The molecular formula is C12H24N2O. The first kappa shape index (κ1) is 12.5. The van der Waals surface area contributed by atoms with Crippen LogP contribution in [-0.2, 0) is 4.79 Å². The third-order valence-electron chi connectivity index (χ3n) is 3.26. The first-order chi connectivity index (χ1) is 7.09. The van der Waals surface area contributed by atoms with Gasteiger partial charge in [0.05, 0.1) is 6.54 Å². The summed E-state index contributed by atoms with van der Waals surface area (Å²) in [6, 6.07) is 0.469. The number of hydrogen-bond donors (Lipinski definition) is 1. The van der Waals surface area contributed by atoms with Crippen molar-refractivity contribution in [2.75, 3.05) is 20.6 Å². The first-order valence-electron chi connectivity index (χ1n) is 6.03. The van der Waals surface area contributed by atoms with Gasteiger partial charge in [-0.25, -0.2) is 0 Å². The Balaban J connectivity index is 2.12. The highest BCUT2D eigenvalue weighted by atomic mass is 16.2. The van der Waals surface area contributed by atoms with Gasteiger partial charge in [0, 0.05) is 20.1 Å². The second-order valence-corrected chi connectivity index (χ2v) is 4.96. The zero-order valence-electron chi connectivity index (χ0n) is 10.3. The molecule has 0 aliphatic heterocycles. The summed E-state index contributed by atoms with van der Waals surface area (Å²) < 4.78 is 0. The third kappa shape index (κ3) is 4.65. The summed E-state index contributed by atoms with van der Waals surface area (Å²) in [4.78, 5) is 13.0. The van der Waals surface area contributed by atoms with Crippen LogP contribution < -0.4 is 5.32 Å². The van der Waals surface area contributed by atoms with E-state index in [0.717, 1.165) is 5.92 Å². The molecule has 1 saturated carbocycles. The number of likely N-dealkylation sites (N-methyl/N-ethyl adjacent to an activating group) is 1. The molecular weight excluding hydrogens is 188 g/mol. The summed E-state index contributed by atoms with van der Waals surface area (Å²) in [6.45, 7) is 2.65. The summed E-state index contributed by atoms with van der Waals surface area (Å²) >= 11 is 0. The van der Waals surface area contributed by atoms with Crippen molar-refractivity contribution in [2.24, 2.45) is 5.92 Å². The molecule has 1 N–H and O–H groups in total. The van der Waals surface area contributed by atoms with Crippen LogP contribution in [0.3, 0.4) is 0 Å². The van der Waals surface area contributed by atoms with Gasteiger partial charge in [-0.2, -0.15) is 0 Å². The minimum absolute atomic E-state index is 0.160. The van der Waals surface area contributed by atoms with Crippen LogP contribution in [0.1, 0.15) is 39.0 Å². The van der Waals surface area contributed by atoms with Crippen LogP contribution in [0.4, 0.5) is 0 Å². The monoisotopic (exact) mass is 212 g/mol. The van der Waals surface area contributed by atoms with Crippen molar-refractivity contribution < 1.29 is 4.79 Å². The molecule has 1 amide bonds. The summed E-state index contributed by atoms with van der Waals surface area (Å²) in [7, 11) is 3.59. The maximum Gasteiger partial charge on any atom is 0.236 e. The maximum atomic E-state index is 11.3. The lowest BCUT2D eigenvalue weighted by Crippen LogP contribution is -2.38. The SMILES string of the molecule is CC(CC1CCCC1)NCC(=O)N(C)C. The molecule has 0 spiro atoms. The van der Waals surface area contributed by atoms with Gasteiger partial charge in [0.1, 0.15) is 0 Å². The van der Waals surface area contributed by atoms with E-state index in [9.17, 15) is 4.79 Å². The van der Waals surface area contributed by atoms with E-state index < -0.39 is 0 Å². The molecule has 0 bridgehead atoms. The van der Waals surface area contributed by atoms with Gasteiger partial charge in [-0.05, 0) is 19.3 Å². The molecule has 0 saturated heterocycles. The molecule has 88 valence electrons. The Morgan fingerprint density at radius 1 is 1.40 bits per heavy atom. The largest absolute Gasteiger partial charge is 0.348 e. The van der Waals surface area contributed by atoms with Crippen molar-refractivity contribution in [3.8, 4) is 0 Å². The van der Waals surface area contributed by atoms with Crippen LogP contribution in [0.25, 0.3) is 0 Å². The Hall–Kier alpha value is -0.570. The van der Waals surface area contributed by atoms with Crippen molar-refractivity contribution in [3.63, 3.8) is 0 Å². The fraction of sp³-hybridized carbons (Fsp3) is 0.917. The van der Waals surface area contributed by atoms with Crippen molar-refractivity contribution in [1.29, 1.82) is 0 Å². The van der Waals surface area contributed by atoms with Crippen molar-refractivity contribution >= 4 is 5.91 Å². The summed E-state index contributed by atoms with van der Waals surface area (Å²) in [5.74, 6) is 1.05. The van der Waals surface area contributed by atoms with E-state index >= 15 is 0 Å². The van der Waals surface area contributed by atoms with E-state index in [2.05, 4.69) is 12.2 Å². The van der Waals surface area contributed by atoms with E-state index in [0.29, 0.717) is 12.6 Å². The van der Waals surface area contributed by atoms with Gasteiger partial charge >= 0.3 is 0 Å². The number of nitrogens with one attached hydrogen (secondary N) is 1. The zero-order valence-corrected chi connectivity index (χ0v) is 10.3. The van der Waals surface area contributed by atoms with E-state index in [1.165, 1.54) is 32.1 Å². The van der Waals surface area contributed by atoms with E-state index in [1.54, 1.807) is 19.0 Å². The van der Waals surface area contributed by atoms with E-state index in [4.69, 9.17) is 0 Å². The van der Waals surface area contributed by atoms with Gasteiger partial charge in [0.2, 0.25) is 5.91 Å². The fourth-order valence-electron chi connectivity index (χ4n) is 2.25. The van der Waals surface area contributed by atoms with E-state index in [-0.39, 0.29) is 5.91 Å². The Kier molecular flexibility index (Phi) is 5.09. The third-order valence-corrected chi connectivity index (χ3v) is 3.26. The minimum atomic E-state index is 0.160. The standard InChI is InChI=1S/C12H24N2O/c1-10(8-11-6-4-5-7-11)13-9-12(15)14(2)3/h10-11,13H,4-9H2,1-3H3. The molecule has 1 unspecified atom stereocenters. The highest BCUT2D eigenvalue weighted by Gasteiger charge is 2.17. The van der Waals surface area contributed by atoms with Crippen LogP contribution in [0.2, 0.25) is 0 Å². The number of rotatable bonds is 5. The van der Waals surface area contributed by atoms with Crippen LogP contribution >= 0.6 is 0 Å². The molecule has 3 nitrogen and oxygen atoms in total. The Labute approximate surface area is 93.2 Å². The van der Waals surface area contributed by atoms with Crippen LogP contribution in [-0.4, -0.2) is 37.5 Å². The van der Waals surface area contributed by atoms with Gasteiger partial charge in [0.25, 0.3) is 0 Å². The van der Waals surface area contributed by atoms with Crippen LogP contribution in [0.15, 0.2) is 0 Å². The number of amides is 1. The first-order valence-corrected chi connectivity index (χ1v) is 6.03. The number of carbonyl (C=O) groups excluding carboxylic acids is 1. The average Bonchev–Trinajstić information content (AvgIpc) is 2.66. The number of hydrogen-bond acceptors (Lipinski definition) is 2. The molecule has 0 heterocycles. The van der Waals surface area contributed by atoms with Crippen molar-refractivity contribution in [3.05, 3.63) is 0 Å². The summed E-state index contributed by atoms with van der Waals surface area (Å²) in [5, 5.41) is 3.30. The number of nitrogens with zero attached hydrogens (tertiary/aromatic N) is 1. The fourth-order valence-corrected chi connectivity index (χ4v) is 2.25. The van der Waals surface area contributed by atoms with Gasteiger partial charge in [-0.15, -0.1) is 0 Å². The van der Waals surface area contributed by atoms with Gasteiger partial charge < -0.3 is 10.2 Å². The predicted molar refractivity (Wildman–Crippen MR) is 62.7 cm³/mol. The Morgan fingerprint density at radius 3 is 2.53 bits per heavy atom. The second-order valence-electron chi connectivity index (χ2n) is 4.96. The molecule has 1 aliphatic rings. The van der Waals surface area contributed by atoms with E-state index in [1.807, 2.05) is 0 Å². The smallest absolute Gasteiger partial charge is 0.236 e. The molecule has 1 rings (SSSR count). The molecule has 0 aromatic heterocycles. The molecule has 0 aromatic rings. The highest BCUT2D eigenvalue weighted by molar-refractivity contribution is 5.77. The Bertz CT molecular complexity index is 198. The van der Waals surface area contributed by atoms with Crippen LogP contribution in [0, 0.1) is 5.92 Å². The molecule has 0 radical (unpaired) electrons. The lowest BCUT2D eigenvalue weighted by molar-refractivity contribution is -0.127.